The van der Waals surface area contributed by atoms with Crippen molar-refractivity contribution >= 4 is 21.7 Å². The van der Waals surface area contributed by atoms with Gasteiger partial charge in [0, 0.05) is 10.9 Å². The molecular formula is C22H29BrO3. The fourth-order valence-corrected chi connectivity index (χ4v) is 4.46. The van der Waals surface area contributed by atoms with Crippen molar-refractivity contribution in [3.8, 4) is 11.5 Å². The number of methoxy groups -OCH3 is 2. The molecule has 0 aliphatic heterocycles. The minimum absolute atomic E-state index is 0.113. The van der Waals surface area contributed by atoms with Gasteiger partial charge in [-0.3, -0.25) is 4.79 Å². The van der Waals surface area contributed by atoms with Crippen LogP contribution in [0.3, 0.4) is 0 Å². The van der Waals surface area contributed by atoms with Gasteiger partial charge in [-0.25, -0.2) is 0 Å². The summed E-state index contributed by atoms with van der Waals surface area (Å²) in [6.45, 7) is 6.87. The van der Waals surface area contributed by atoms with E-state index in [-0.39, 0.29) is 16.6 Å². The average Bonchev–Trinajstić information content (AvgIpc) is 2.73. The van der Waals surface area contributed by atoms with E-state index in [4.69, 9.17) is 9.47 Å². The molecule has 1 atom stereocenters. The molecule has 1 saturated carbocycles. The Hall–Kier alpha value is -1.55. The highest BCUT2D eigenvalue weighted by Crippen LogP contribution is 2.53. The maximum atomic E-state index is 11.6. The number of carbonyl (C=O) groups is 1. The topological polar surface area (TPSA) is 35.5 Å². The highest BCUT2D eigenvalue weighted by atomic mass is 79.9. The van der Waals surface area contributed by atoms with Crippen molar-refractivity contribution in [1.82, 2.24) is 0 Å². The van der Waals surface area contributed by atoms with E-state index in [1.807, 2.05) is 24.3 Å². The first kappa shape index (κ1) is 20.8. The number of ether oxygens (including phenoxy) is 2. The molecule has 2 aliphatic carbocycles. The lowest BCUT2D eigenvalue weighted by atomic mass is 9.59. The summed E-state index contributed by atoms with van der Waals surface area (Å²) in [5, 5.41) is 0. The van der Waals surface area contributed by atoms with E-state index in [9.17, 15) is 4.79 Å². The average molecular weight is 421 g/mol. The molecular weight excluding hydrogens is 392 g/mol. The fraction of sp³-hybridized carbons (Fsp3) is 0.500. The van der Waals surface area contributed by atoms with Gasteiger partial charge in [-0.2, -0.15) is 0 Å². The summed E-state index contributed by atoms with van der Waals surface area (Å²) in [5.74, 6) is 1.76. The van der Waals surface area contributed by atoms with E-state index < -0.39 is 0 Å². The zero-order valence-electron chi connectivity index (χ0n) is 16.4. The van der Waals surface area contributed by atoms with E-state index >= 15 is 0 Å². The largest absolute Gasteiger partial charge is 0.493 e. The van der Waals surface area contributed by atoms with Gasteiger partial charge in [0.2, 0.25) is 0 Å². The van der Waals surface area contributed by atoms with Crippen LogP contribution in [0.4, 0.5) is 0 Å². The van der Waals surface area contributed by atoms with Crippen LogP contribution in [0.25, 0.3) is 0 Å². The van der Waals surface area contributed by atoms with Crippen LogP contribution < -0.4 is 9.47 Å². The Morgan fingerprint density at radius 2 is 1.73 bits per heavy atom. The lowest BCUT2D eigenvalue weighted by molar-refractivity contribution is -0.116. The highest BCUT2D eigenvalue weighted by molar-refractivity contribution is 9.10. The summed E-state index contributed by atoms with van der Waals surface area (Å²) in [4.78, 5) is 11.6. The van der Waals surface area contributed by atoms with Gasteiger partial charge in [-0.1, -0.05) is 60.8 Å². The third-order valence-electron chi connectivity index (χ3n) is 5.36. The minimum Gasteiger partial charge on any atom is -0.493 e. The second-order valence-electron chi connectivity index (χ2n) is 7.88. The van der Waals surface area contributed by atoms with Gasteiger partial charge in [0.1, 0.15) is 0 Å². The summed E-state index contributed by atoms with van der Waals surface area (Å²) in [6, 6.07) is 5.61. The second kappa shape index (κ2) is 8.43. The third-order valence-corrected chi connectivity index (χ3v) is 5.86. The summed E-state index contributed by atoms with van der Waals surface area (Å²) in [7, 11) is 3.23. The summed E-state index contributed by atoms with van der Waals surface area (Å²) >= 11 is 3.33. The van der Waals surface area contributed by atoms with E-state index in [2.05, 4.69) is 42.8 Å². The quantitative estimate of drug-likeness (QED) is 0.577. The Bertz CT molecular complexity index is 718. The molecule has 3 nitrogen and oxygen atoms in total. The van der Waals surface area contributed by atoms with E-state index in [1.165, 1.54) is 18.4 Å². The number of halogens is 1. The van der Waals surface area contributed by atoms with Crippen molar-refractivity contribution in [2.45, 2.75) is 46.5 Å². The molecule has 4 heteroatoms. The Balaban J connectivity index is 0.000000197. The molecule has 0 heterocycles. The van der Waals surface area contributed by atoms with Gasteiger partial charge in [0.05, 0.1) is 14.2 Å². The van der Waals surface area contributed by atoms with Crippen molar-refractivity contribution < 1.29 is 14.3 Å². The first-order valence-electron chi connectivity index (χ1n) is 9.01. The number of rotatable bonds is 2. The van der Waals surface area contributed by atoms with E-state index in [0.29, 0.717) is 6.42 Å². The van der Waals surface area contributed by atoms with Crippen molar-refractivity contribution in [3.63, 3.8) is 0 Å². The summed E-state index contributed by atoms with van der Waals surface area (Å²) in [6.07, 6.45) is 10.2. The smallest absolute Gasteiger partial charge is 0.161 e. The second-order valence-corrected chi connectivity index (χ2v) is 8.80. The fourth-order valence-electron chi connectivity index (χ4n) is 4.12. The molecule has 0 saturated heterocycles. The van der Waals surface area contributed by atoms with E-state index in [1.54, 1.807) is 20.3 Å². The molecule has 0 spiro atoms. The normalized spacial score (nSPS) is 23.8. The standard InChI is InChI=1S/C14H20O.C8H9BrO2/c1-13(2)8-5-9-14(3)10-11(15)6-4-7-12(13)14;1-10-7-4-3-6(9)5-8(7)11-2/h4,6-7H,5,8-10H2,1-3H3;3-5H,1-2H3. The molecule has 1 unspecified atom stereocenters. The van der Waals surface area contributed by atoms with Crippen LogP contribution in [0, 0.1) is 10.8 Å². The first-order valence-corrected chi connectivity index (χ1v) is 9.81. The Morgan fingerprint density at radius 1 is 1.04 bits per heavy atom. The Labute approximate surface area is 165 Å². The van der Waals surface area contributed by atoms with Crippen molar-refractivity contribution in [2.75, 3.05) is 14.2 Å². The molecule has 0 amide bonds. The lowest BCUT2D eigenvalue weighted by Gasteiger charge is -2.45. The predicted molar refractivity (Wildman–Crippen MR) is 110 cm³/mol. The van der Waals surface area contributed by atoms with Crippen LogP contribution in [-0.2, 0) is 4.79 Å². The van der Waals surface area contributed by atoms with Crippen LogP contribution in [0.15, 0.2) is 46.5 Å². The number of fused-ring (bicyclic) bond motifs is 1. The molecule has 1 aromatic carbocycles. The molecule has 26 heavy (non-hydrogen) atoms. The van der Waals surface area contributed by atoms with Gasteiger partial charge in [-0.15, -0.1) is 0 Å². The number of ketones is 1. The molecule has 3 rings (SSSR count). The summed E-state index contributed by atoms with van der Waals surface area (Å²) < 4.78 is 11.1. The van der Waals surface area contributed by atoms with Gasteiger partial charge in [0.15, 0.2) is 17.3 Å². The van der Waals surface area contributed by atoms with Gasteiger partial charge in [-0.05, 0) is 47.9 Å². The van der Waals surface area contributed by atoms with Crippen LogP contribution in [0.5, 0.6) is 11.5 Å². The zero-order valence-corrected chi connectivity index (χ0v) is 18.0. The molecule has 2 aliphatic rings. The molecule has 0 bridgehead atoms. The number of hydrogen-bond acceptors (Lipinski definition) is 3. The molecule has 1 aromatic rings. The molecule has 142 valence electrons. The monoisotopic (exact) mass is 420 g/mol. The first-order chi connectivity index (χ1) is 12.2. The van der Waals surface area contributed by atoms with Crippen LogP contribution >= 0.6 is 15.9 Å². The van der Waals surface area contributed by atoms with Crippen LogP contribution in [0.2, 0.25) is 0 Å². The van der Waals surface area contributed by atoms with Gasteiger partial charge in [0.25, 0.3) is 0 Å². The maximum absolute atomic E-state index is 11.6. The third kappa shape index (κ3) is 4.79. The van der Waals surface area contributed by atoms with E-state index in [0.717, 1.165) is 22.4 Å². The van der Waals surface area contributed by atoms with Gasteiger partial charge < -0.3 is 9.47 Å². The Kier molecular flexibility index (Phi) is 6.73. The highest BCUT2D eigenvalue weighted by Gasteiger charge is 2.42. The molecule has 0 N–H and O–H groups in total. The molecule has 0 aromatic heterocycles. The number of hydrogen-bond donors (Lipinski definition) is 0. The van der Waals surface area contributed by atoms with Crippen LogP contribution in [-0.4, -0.2) is 20.0 Å². The molecule has 0 radical (unpaired) electrons. The zero-order chi connectivity index (χ0) is 19.4. The lowest BCUT2D eigenvalue weighted by Crippen LogP contribution is -2.35. The number of allylic oxidation sites excluding steroid dienone is 4. The number of benzene rings is 1. The minimum atomic E-state index is 0.113. The maximum Gasteiger partial charge on any atom is 0.161 e. The Morgan fingerprint density at radius 3 is 2.38 bits per heavy atom. The summed E-state index contributed by atoms with van der Waals surface area (Å²) in [5.41, 5.74) is 1.85. The van der Waals surface area contributed by atoms with Gasteiger partial charge >= 0.3 is 0 Å². The SMILES string of the molecule is CC1(C)CCCC2(C)CC(=O)C=CC=C12.COc1ccc(Br)cc1OC. The predicted octanol–water partition coefficient (Wildman–Crippen LogP) is 6.12. The number of carbonyl (C=O) groups excluding carboxylic acids is 1. The molecule has 1 fully saturated rings. The van der Waals surface area contributed by atoms with Crippen molar-refractivity contribution in [3.05, 3.63) is 46.5 Å². The van der Waals surface area contributed by atoms with Crippen LogP contribution in [0.1, 0.15) is 46.5 Å². The van der Waals surface area contributed by atoms with Crippen molar-refractivity contribution in [2.24, 2.45) is 10.8 Å². The van der Waals surface area contributed by atoms with Crippen molar-refractivity contribution in [1.29, 1.82) is 0 Å².